The lowest BCUT2D eigenvalue weighted by Gasteiger charge is -2.31. The molecule has 0 spiro atoms. The molecule has 0 unspecified atom stereocenters. The number of rotatable bonds is 4. The molecule has 2 rings (SSSR count). The second kappa shape index (κ2) is 6.15. The van der Waals surface area contributed by atoms with Gasteiger partial charge >= 0.3 is 0 Å². The van der Waals surface area contributed by atoms with Gasteiger partial charge in [-0.05, 0) is 67.5 Å². The summed E-state index contributed by atoms with van der Waals surface area (Å²) in [6.07, 6.45) is 3.79. The van der Waals surface area contributed by atoms with Crippen LogP contribution in [-0.4, -0.2) is 37.6 Å². The summed E-state index contributed by atoms with van der Waals surface area (Å²) in [5, 5.41) is 3.37. The maximum Gasteiger partial charge on any atom is 0.0701 e. The van der Waals surface area contributed by atoms with Crippen LogP contribution in [0.3, 0.4) is 0 Å². The number of piperidine rings is 1. The minimum atomic E-state index is 0.743. The molecule has 2 heterocycles. The van der Waals surface area contributed by atoms with E-state index in [0.717, 1.165) is 6.04 Å². The van der Waals surface area contributed by atoms with E-state index < -0.39 is 0 Å². The zero-order valence-electron chi connectivity index (χ0n) is 9.71. The van der Waals surface area contributed by atoms with E-state index in [0.29, 0.717) is 0 Å². The smallest absolute Gasteiger partial charge is 0.0701 e. The molecule has 16 heavy (non-hydrogen) atoms. The Balaban J connectivity index is 1.71. The van der Waals surface area contributed by atoms with Crippen LogP contribution in [0.1, 0.15) is 17.7 Å². The summed E-state index contributed by atoms with van der Waals surface area (Å²) in [4.78, 5) is 4.07. The summed E-state index contributed by atoms with van der Waals surface area (Å²) >= 11 is 5.37. The maximum absolute atomic E-state index is 3.51. The molecule has 90 valence electrons. The van der Waals surface area contributed by atoms with Gasteiger partial charge < -0.3 is 10.2 Å². The van der Waals surface area contributed by atoms with E-state index in [9.17, 15) is 0 Å². The van der Waals surface area contributed by atoms with E-state index in [-0.39, 0.29) is 0 Å². The summed E-state index contributed by atoms with van der Waals surface area (Å²) in [5.41, 5.74) is 0. The molecule has 0 aromatic carbocycles. The van der Waals surface area contributed by atoms with E-state index >= 15 is 0 Å². The van der Waals surface area contributed by atoms with Gasteiger partial charge in [0.2, 0.25) is 0 Å². The highest BCUT2D eigenvalue weighted by atomic mass is 79.9. The molecule has 1 aliphatic rings. The molecule has 1 N–H and O–H groups in total. The Kier molecular flexibility index (Phi) is 4.82. The van der Waals surface area contributed by atoms with Crippen molar-refractivity contribution in [1.82, 2.24) is 10.2 Å². The summed E-state index contributed by atoms with van der Waals surface area (Å²) in [6.45, 7) is 3.71. The highest BCUT2D eigenvalue weighted by Gasteiger charge is 2.17. The van der Waals surface area contributed by atoms with Crippen molar-refractivity contribution in [3.8, 4) is 0 Å². The number of hydrogen-bond acceptors (Lipinski definition) is 3. The molecule has 4 heteroatoms. The molecule has 1 aromatic rings. The quantitative estimate of drug-likeness (QED) is 0.920. The van der Waals surface area contributed by atoms with Crippen molar-refractivity contribution in [1.29, 1.82) is 0 Å². The number of nitrogens with zero attached hydrogens (tertiary/aromatic N) is 1. The minimum Gasteiger partial charge on any atom is -0.317 e. The van der Waals surface area contributed by atoms with Gasteiger partial charge in [0.15, 0.2) is 0 Å². The van der Waals surface area contributed by atoms with Crippen LogP contribution < -0.4 is 5.32 Å². The third-order valence-electron chi connectivity index (χ3n) is 3.30. The van der Waals surface area contributed by atoms with Crippen LogP contribution in [0.25, 0.3) is 0 Å². The van der Waals surface area contributed by atoms with Gasteiger partial charge in [-0.15, -0.1) is 11.3 Å². The SMILES string of the molecule is CNC1CCN(CCc2ccc(Br)s2)CC1. The summed E-state index contributed by atoms with van der Waals surface area (Å²) < 4.78 is 1.25. The monoisotopic (exact) mass is 302 g/mol. The number of halogens is 1. The fourth-order valence-corrected chi connectivity index (χ4v) is 3.67. The Bertz CT molecular complexity index is 319. The Morgan fingerprint density at radius 1 is 1.44 bits per heavy atom. The van der Waals surface area contributed by atoms with Crippen LogP contribution >= 0.6 is 27.3 Å². The van der Waals surface area contributed by atoms with E-state index in [1.54, 1.807) is 0 Å². The lowest BCUT2D eigenvalue weighted by Crippen LogP contribution is -2.41. The van der Waals surface area contributed by atoms with E-state index in [1.165, 1.54) is 47.6 Å². The largest absolute Gasteiger partial charge is 0.317 e. The zero-order chi connectivity index (χ0) is 11.4. The molecule has 0 bridgehead atoms. The normalized spacial score (nSPS) is 19.1. The Labute approximate surface area is 110 Å². The first-order valence-electron chi connectivity index (χ1n) is 5.92. The van der Waals surface area contributed by atoms with Gasteiger partial charge in [-0.1, -0.05) is 0 Å². The van der Waals surface area contributed by atoms with Crippen molar-refractivity contribution in [2.75, 3.05) is 26.7 Å². The molecular weight excluding hydrogens is 284 g/mol. The molecule has 1 fully saturated rings. The van der Waals surface area contributed by atoms with Gasteiger partial charge in [0.25, 0.3) is 0 Å². The Hall–Kier alpha value is 0.1000. The molecule has 2 nitrogen and oxygen atoms in total. The summed E-state index contributed by atoms with van der Waals surface area (Å²) in [6, 6.07) is 5.12. The van der Waals surface area contributed by atoms with Crippen molar-refractivity contribution >= 4 is 27.3 Å². The van der Waals surface area contributed by atoms with Crippen LogP contribution in [0.4, 0.5) is 0 Å². The molecule has 0 saturated carbocycles. The first kappa shape index (κ1) is 12.6. The second-order valence-corrected chi connectivity index (χ2v) is 6.91. The molecular formula is C12H19BrN2S. The summed E-state index contributed by atoms with van der Waals surface area (Å²) in [5.74, 6) is 0. The Morgan fingerprint density at radius 3 is 2.75 bits per heavy atom. The number of thiophene rings is 1. The first-order valence-corrected chi connectivity index (χ1v) is 7.52. The van der Waals surface area contributed by atoms with E-state index in [4.69, 9.17) is 0 Å². The fraction of sp³-hybridized carbons (Fsp3) is 0.667. The lowest BCUT2D eigenvalue weighted by atomic mass is 10.1. The van der Waals surface area contributed by atoms with Gasteiger partial charge in [0, 0.05) is 17.5 Å². The van der Waals surface area contributed by atoms with Crippen LogP contribution in [0.2, 0.25) is 0 Å². The van der Waals surface area contributed by atoms with Crippen molar-refractivity contribution in [2.45, 2.75) is 25.3 Å². The highest BCUT2D eigenvalue weighted by molar-refractivity contribution is 9.11. The van der Waals surface area contributed by atoms with Gasteiger partial charge in [-0.2, -0.15) is 0 Å². The third-order valence-corrected chi connectivity index (χ3v) is 4.98. The maximum atomic E-state index is 3.51. The topological polar surface area (TPSA) is 15.3 Å². The zero-order valence-corrected chi connectivity index (χ0v) is 12.1. The number of nitrogens with one attached hydrogen (secondary N) is 1. The van der Waals surface area contributed by atoms with Crippen molar-refractivity contribution < 1.29 is 0 Å². The van der Waals surface area contributed by atoms with Crippen molar-refractivity contribution in [3.05, 3.63) is 20.8 Å². The molecule has 1 saturated heterocycles. The lowest BCUT2D eigenvalue weighted by molar-refractivity contribution is 0.204. The minimum absolute atomic E-state index is 0.743. The third kappa shape index (κ3) is 3.55. The van der Waals surface area contributed by atoms with Crippen molar-refractivity contribution in [3.63, 3.8) is 0 Å². The standard InChI is InChI=1S/C12H19BrN2S/c1-14-10-4-7-15(8-5-10)9-6-11-2-3-12(13)16-11/h2-3,10,14H,4-9H2,1H3. The van der Waals surface area contributed by atoms with Crippen molar-refractivity contribution in [2.24, 2.45) is 0 Å². The molecule has 0 amide bonds. The van der Waals surface area contributed by atoms with Crippen LogP contribution in [0.15, 0.2) is 15.9 Å². The molecule has 0 aliphatic carbocycles. The van der Waals surface area contributed by atoms with E-state index in [2.05, 4.69) is 45.3 Å². The average molecular weight is 303 g/mol. The highest BCUT2D eigenvalue weighted by Crippen LogP contribution is 2.22. The molecule has 0 atom stereocenters. The van der Waals surface area contributed by atoms with Gasteiger partial charge in [0.05, 0.1) is 3.79 Å². The average Bonchev–Trinajstić information content (AvgIpc) is 2.73. The molecule has 1 aromatic heterocycles. The Morgan fingerprint density at radius 2 is 2.19 bits per heavy atom. The van der Waals surface area contributed by atoms with Gasteiger partial charge in [0.1, 0.15) is 0 Å². The predicted molar refractivity (Wildman–Crippen MR) is 74.2 cm³/mol. The summed E-state index contributed by atoms with van der Waals surface area (Å²) in [7, 11) is 2.07. The molecule has 0 radical (unpaired) electrons. The first-order chi connectivity index (χ1) is 7.78. The molecule has 1 aliphatic heterocycles. The van der Waals surface area contributed by atoms with Crippen LogP contribution in [-0.2, 0) is 6.42 Å². The van der Waals surface area contributed by atoms with E-state index in [1.807, 2.05) is 11.3 Å². The number of likely N-dealkylation sites (tertiary alicyclic amines) is 1. The second-order valence-electron chi connectivity index (χ2n) is 4.36. The van der Waals surface area contributed by atoms with Gasteiger partial charge in [-0.25, -0.2) is 0 Å². The number of hydrogen-bond donors (Lipinski definition) is 1. The van der Waals surface area contributed by atoms with Gasteiger partial charge in [-0.3, -0.25) is 0 Å². The fourth-order valence-electron chi connectivity index (χ4n) is 2.20. The predicted octanol–water partition coefficient (Wildman–Crippen LogP) is 2.74. The van der Waals surface area contributed by atoms with Crippen LogP contribution in [0.5, 0.6) is 0 Å². The van der Waals surface area contributed by atoms with Crippen LogP contribution in [0, 0.1) is 0 Å².